The zero-order valence-electron chi connectivity index (χ0n) is 23.2. The smallest absolute Gasteiger partial charge is 0.0957 e. The van der Waals surface area contributed by atoms with Crippen molar-refractivity contribution in [3.63, 3.8) is 0 Å². The highest BCUT2D eigenvalue weighted by molar-refractivity contribution is 5.50. The SMILES string of the molecule is C=C(CC(C)(C)C)Nc1cccc(C2CCN(CCCNC(=C)C3=C(CCC)NC(=C)NC3)CC2)c1. The van der Waals surface area contributed by atoms with Crippen LogP contribution >= 0.6 is 0 Å². The van der Waals surface area contributed by atoms with Gasteiger partial charge in [-0.2, -0.15) is 0 Å². The summed E-state index contributed by atoms with van der Waals surface area (Å²) in [6.45, 7) is 26.7. The van der Waals surface area contributed by atoms with Crippen LogP contribution in [0, 0.1) is 5.41 Å². The Balaban J connectivity index is 1.40. The number of allylic oxidation sites excluding steroid dienone is 2. The monoisotopic (exact) mass is 491 g/mol. The van der Waals surface area contributed by atoms with Crippen LogP contribution in [-0.4, -0.2) is 37.6 Å². The molecule has 1 saturated heterocycles. The van der Waals surface area contributed by atoms with Crippen molar-refractivity contribution in [1.82, 2.24) is 20.9 Å². The predicted octanol–water partition coefficient (Wildman–Crippen LogP) is 6.44. The first-order valence-corrected chi connectivity index (χ1v) is 13.8. The molecular formula is C31H49N5. The van der Waals surface area contributed by atoms with Gasteiger partial charge in [0.15, 0.2) is 0 Å². The summed E-state index contributed by atoms with van der Waals surface area (Å²) >= 11 is 0. The summed E-state index contributed by atoms with van der Waals surface area (Å²) in [5, 5.41) is 13.8. The average molecular weight is 492 g/mol. The highest BCUT2D eigenvalue weighted by Gasteiger charge is 2.21. The van der Waals surface area contributed by atoms with Gasteiger partial charge in [0, 0.05) is 41.4 Å². The number of nitrogens with zero attached hydrogens (tertiary/aromatic N) is 1. The lowest BCUT2D eigenvalue weighted by Gasteiger charge is -2.32. The van der Waals surface area contributed by atoms with E-state index in [-0.39, 0.29) is 5.41 Å². The molecule has 0 amide bonds. The Labute approximate surface area is 220 Å². The molecule has 5 nitrogen and oxygen atoms in total. The third-order valence-electron chi connectivity index (χ3n) is 7.01. The molecule has 0 atom stereocenters. The first-order valence-electron chi connectivity index (χ1n) is 13.8. The number of anilines is 1. The molecule has 5 heteroatoms. The molecule has 4 N–H and O–H groups in total. The van der Waals surface area contributed by atoms with Crippen molar-refractivity contribution in [2.75, 3.05) is 38.0 Å². The molecule has 1 fully saturated rings. The molecule has 0 spiro atoms. The van der Waals surface area contributed by atoms with Crippen LogP contribution in [0.25, 0.3) is 0 Å². The Bertz CT molecular complexity index is 944. The summed E-state index contributed by atoms with van der Waals surface area (Å²) in [7, 11) is 0. The van der Waals surface area contributed by atoms with Gasteiger partial charge >= 0.3 is 0 Å². The van der Waals surface area contributed by atoms with E-state index in [1.165, 1.54) is 48.5 Å². The van der Waals surface area contributed by atoms with Crippen molar-refractivity contribution in [3.8, 4) is 0 Å². The maximum absolute atomic E-state index is 4.30. The Morgan fingerprint density at radius 2 is 1.92 bits per heavy atom. The third-order valence-corrected chi connectivity index (χ3v) is 7.01. The number of piperidine rings is 1. The van der Waals surface area contributed by atoms with Crippen LogP contribution in [-0.2, 0) is 0 Å². The molecule has 2 aliphatic rings. The van der Waals surface area contributed by atoms with Gasteiger partial charge in [0.05, 0.1) is 5.82 Å². The highest BCUT2D eigenvalue weighted by atomic mass is 15.1. The molecule has 1 aromatic carbocycles. The number of hydrogen-bond acceptors (Lipinski definition) is 5. The number of rotatable bonds is 12. The first-order chi connectivity index (χ1) is 17.1. The summed E-state index contributed by atoms with van der Waals surface area (Å²) in [6, 6.07) is 8.96. The quantitative estimate of drug-likeness (QED) is 0.254. The highest BCUT2D eigenvalue weighted by Crippen LogP contribution is 2.31. The lowest BCUT2D eigenvalue weighted by atomic mass is 9.89. The molecule has 36 heavy (non-hydrogen) atoms. The van der Waals surface area contributed by atoms with E-state index < -0.39 is 0 Å². The second-order valence-corrected chi connectivity index (χ2v) is 11.6. The van der Waals surface area contributed by atoms with Crippen molar-refractivity contribution in [1.29, 1.82) is 0 Å². The van der Waals surface area contributed by atoms with Gasteiger partial charge in [0.25, 0.3) is 0 Å². The predicted molar refractivity (Wildman–Crippen MR) is 156 cm³/mol. The van der Waals surface area contributed by atoms with Crippen molar-refractivity contribution in [3.05, 3.63) is 78.1 Å². The zero-order chi connectivity index (χ0) is 26.1. The molecule has 3 rings (SSSR count). The zero-order valence-corrected chi connectivity index (χ0v) is 23.2. The lowest BCUT2D eigenvalue weighted by molar-refractivity contribution is 0.210. The maximum atomic E-state index is 4.30. The van der Waals surface area contributed by atoms with E-state index in [1.54, 1.807) is 0 Å². The Morgan fingerprint density at radius 3 is 2.61 bits per heavy atom. The van der Waals surface area contributed by atoms with Crippen molar-refractivity contribution in [2.24, 2.45) is 5.41 Å². The van der Waals surface area contributed by atoms with Gasteiger partial charge in [-0.1, -0.05) is 66.0 Å². The van der Waals surface area contributed by atoms with Gasteiger partial charge in [-0.3, -0.25) is 0 Å². The van der Waals surface area contributed by atoms with E-state index in [9.17, 15) is 0 Å². The molecule has 2 aliphatic heterocycles. The van der Waals surface area contributed by atoms with Crippen molar-refractivity contribution in [2.45, 2.75) is 72.1 Å². The normalized spacial score (nSPS) is 17.4. The van der Waals surface area contributed by atoms with E-state index in [0.29, 0.717) is 5.92 Å². The summed E-state index contributed by atoms with van der Waals surface area (Å²) in [5.41, 5.74) is 7.48. The van der Waals surface area contributed by atoms with Crippen LogP contribution in [0.5, 0.6) is 0 Å². The fraction of sp³-hybridized carbons (Fsp3) is 0.548. The van der Waals surface area contributed by atoms with E-state index in [0.717, 1.165) is 62.5 Å². The van der Waals surface area contributed by atoms with Crippen LogP contribution in [0.2, 0.25) is 0 Å². The van der Waals surface area contributed by atoms with Crippen LogP contribution in [0.15, 0.2) is 72.5 Å². The van der Waals surface area contributed by atoms with E-state index in [2.05, 4.69) is 97.9 Å². The fourth-order valence-electron chi connectivity index (χ4n) is 5.25. The average Bonchev–Trinajstić information content (AvgIpc) is 2.81. The fourth-order valence-corrected chi connectivity index (χ4v) is 5.25. The minimum atomic E-state index is 0.242. The molecule has 0 bridgehead atoms. The Morgan fingerprint density at radius 1 is 1.17 bits per heavy atom. The van der Waals surface area contributed by atoms with Crippen LogP contribution in [0.4, 0.5) is 5.69 Å². The summed E-state index contributed by atoms with van der Waals surface area (Å²) in [5.74, 6) is 1.52. The van der Waals surface area contributed by atoms with Gasteiger partial charge in [0.1, 0.15) is 0 Å². The molecule has 0 radical (unpaired) electrons. The maximum Gasteiger partial charge on any atom is 0.0957 e. The number of nitrogens with one attached hydrogen (secondary N) is 4. The summed E-state index contributed by atoms with van der Waals surface area (Å²) < 4.78 is 0. The molecule has 2 heterocycles. The molecule has 198 valence electrons. The molecule has 0 aliphatic carbocycles. The first kappa shape index (κ1) is 27.9. The van der Waals surface area contributed by atoms with Gasteiger partial charge in [-0.05, 0) is 80.8 Å². The van der Waals surface area contributed by atoms with Gasteiger partial charge in [0.2, 0.25) is 0 Å². The second kappa shape index (κ2) is 13.0. The van der Waals surface area contributed by atoms with Gasteiger partial charge in [-0.15, -0.1) is 0 Å². The number of hydrogen-bond donors (Lipinski definition) is 4. The van der Waals surface area contributed by atoms with Crippen LogP contribution < -0.4 is 21.3 Å². The van der Waals surface area contributed by atoms with Crippen LogP contribution in [0.1, 0.15) is 77.7 Å². The summed E-state index contributed by atoms with van der Waals surface area (Å²) in [6.07, 6.45) is 6.68. The topological polar surface area (TPSA) is 51.4 Å². The second-order valence-electron chi connectivity index (χ2n) is 11.6. The molecule has 0 unspecified atom stereocenters. The molecule has 1 aromatic rings. The minimum Gasteiger partial charge on any atom is -0.385 e. The van der Waals surface area contributed by atoms with Crippen molar-refractivity contribution < 1.29 is 0 Å². The summed E-state index contributed by atoms with van der Waals surface area (Å²) in [4.78, 5) is 2.61. The molecule has 0 saturated carbocycles. The number of likely N-dealkylation sites (tertiary alicyclic amines) is 1. The molecule has 0 aromatic heterocycles. The Kier molecular flexibility index (Phi) is 10.1. The minimum absolute atomic E-state index is 0.242. The van der Waals surface area contributed by atoms with Crippen LogP contribution in [0.3, 0.4) is 0 Å². The largest absolute Gasteiger partial charge is 0.385 e. The lowest BCUT2D eigenvalue weighted by Crippen LogP contribution is -2.37. The number of benzene rings is 1. The van der Waals surface area contributed by atoms with Gasteiger partial charge in [-0.25, -0.2) is 0 Å². The Hall–Kier alpha value is -2.66. The molecular weight excluding hydrogens is 442 g/mol. The third kappa shape index (κ3) is 8.77. The van der Waals surface area contributed by atoms with E-state index in [1.807, 2.05) is 0 Å². The van der Waals surface area contributed by atoms with E-state index in [4.69, 9.17) is 0 Å². The van der Waals surface area contributed by atoms with Gasteiger partial charge < -0.3 is 26.2 Å². The standard InChI is InChI=1S/C31H49N5/c1-8-11-30-29(22-33-25(4)35-30)24(3)32-16-10-17-36-18-14-26(15-19-36)27-12-9-13-28(20-27)34-23(2)21-31(5,6)7/h9,12-13,20,26,32-35H,2-4,8,10-11,14-19,21-22H2,1,5-7H3. The van der Waals surface area contributed by atoms with E-state index >= 15 is 0 Å². The van der Waals surface area contributed by atoms with Crippen molar-refractivity contribution >= 4 is 5.69 Å².